The third-order valence-electron chi connectivity index (χ3n) is 5.24. The molecule has 2 N–H and O–H groups in total. The topological polar surface area (TPSA) is 52.6 Å². The zero-order valence-corrected chi connectivity index (χ0v) is 12.6. The van der Waals surface area contributed by atoms with Gasteiger partial charge < -0.3 is 15.3 Å². The Labute approximate surface area is 129 Å². The second-order valence-electron chi connectivity index (χ2n) is 6.38. The highest BCUT2D eigenvalue weighted by molar-refractivity contribution is 6.33. The van der Waals surface area contributed by atoms with E-state index >= 15 is 0 Å². The molecule has 2 fully saturated rings. The Morgan fingerprint density at radius 2 is 2.05 bits per heavy atom. The van der Waals surface area contributed by atoms with Crippen molar-refractivity contribution in [1.82, 2.24) is 0 Å². The van der Waals surface area contributed by atoms with Crippen LogP contribution in [-0.2, 0) is 4.79 Å². The number of anilines is 2. The Hall–Kier alpha value is -1.26. The van der Waals surface area contributed by atoms with Crippen LogP contribution in [0.3, 0.4) is 0 Å². The average molecular weight is 307 g/mol. The van der Waals surface area contributed by atoms with Crippen molar-refractivity contribution in [3.63, 3.8) is 0 Å². The minimum absolute atomic E-state index is 0.366. The number of amides is 1. The molecule has 1 amide bonds. The number of carbonyl (C=O) groups is 1. The maximum absolute atomic E-state index is 11.6. The predicted molar refractivity (Wildman–Crippen MR) is 82.8 cm³/mol. The van der Waals surface area contributed by atoms with Gasteiger partial charge in [0.15, 0.2) is 6.10 Å². The van der Waals surface area contributed by atoms with Crippen molar-refractivity contribution < 1.29 is 9.90 Å². The lowest BCUT2D eigenvalue weighted by atomic mass is 9.85. The van der Waals surface area contributed by atoms with E-state index in [1.807, 2.05) is 6.07 Å². The molecule has 21 heavy (non-hydrogen) atoms. The van der Waals surface area contributed by atoms with Crippen molar-refractivity contribution in [1.29, 1.82) is 0 Å². The van der Waals surface area contributed by atoms with Gasteiger partial charge >= 0.3 is 0 Å². The number of fused-ring (bicyclic) bond motifs is 2. The zero-order valence-electron chi connectivity index (χ0n) is 11.8. The second-order valence-corrected chi connectivity index (χ2v) is 6.78. The number of nitrogens with zero attached hydrogens (tertiary/aromatic N) is 1. The summed E-state index contributed by atoms with van der Waals surface area (Å²) >= 11 is 6.44. The van der Waals surface area contributed by atoms with Gasteiger partial charge in [-0.2, -0.15) is 0 Å². The maximum Gasteiger partial charge on any atom is 0.257 e. The summed E-state index contributed by atoms with van der Waals surface area (Å²) in [5, 5.41) is 13.2. The summed E-state index contributed by atoms with van der Waals surface area (Å²) in [5.41, 5.74) is 2.29. The van der Waals surface area contributed by atoms with Crippen LogP contribution in [0.25, 0.3) is 0 Å². The Bertz CT molecular complexity index is 604. The molecule has 112 valence electrons. The molecule has 3 unspecified atom stereocenters. The van der Waals surface area contributed by atoms with Crippen LogP contribution >= 0.6 is 11.6 Å². The molecule has 2 heterocycles. The molecule has 1 aliphatic carbocycles. The van der Waals surface area contributed by atoms with Crippen LogP contribution in [0.2, 0.25) is 5.02 Å². The Morgan fingerprint density at radius 1 is 1.24 bits per heavy atom. The molecule has 1 aromatic carbocycles. The number of hydrogen-bond acceptors (Lipinski definition) is 3. The fourth-order valence-corrected chi connectivity index (χ4v) is 4.46. The summed E-state index contributed by atoms with van der Waals surface area (Å²) in [4.78, 5) is 14.0. The molecule has 3 atom stereocenters. The first-order chi connectivity index (χ1) is 10.1. The molecular weight excluding hydrogens is 288 g/mol. The first-order valence-corrected chi connectivity index (χ1v) is 8.12. The minimum Gasteiger partial charge on any atom is -0.378 e. The third-order valence-corrected chi connectivity index (χ3v) is 5.54. The van der Waals surface area contributed by atoms with Gasteiger partial charge in [0.2, 0.25) is 0 Å². The number of aliphatic hydroxyl groups excluding tert-OH is 1. The standard InChI is InChI=1S/C16H19ClN2O2/c17-11-7-10-12(18-16(21)15(10)20)8-14(11)19-6-5-9-3-1-2-4-13(9)19/h7-9,13,15,20H,1-6H2,(H,18,21). The lowest BCUT2D eigenvalue weighted by Gasteiger charge is -2.33. The number of nitrogens with one attached hydrogen (secondary N) is 1. The van der Waals surface area contributed by atoms with Crippen molar-refractivity contribution in [3.8, 4) is 0 Å². The Kier molecular flexibility index (Phi) is 3.12. The minimum atomic E-state index is -1.09. The molecule has 4 rings (SSSR count). The summed E-state index contributed by atoms with van der Waals surface area (Å²) < 4.78 is 0. The predicted octanol–water partition coefficient (Wildman–Crippen LogP) is 3.09. The smallest absolute Gasteiger partial charge is 0.257 e. The van der Waals surface area contributed by atoms with Crippen LogP contribution in [0, 0.1) is 5.92 Å². The summed E-state index contributed by atoms with van der Waals surface area (Å²) in [6, 6.07) is 4.25. The number of carbonyl (C=O) groups excluding carboxylic acids is 1. The molecule has 4 nitrogen and oxygen atoms in total. The van der Waals surface area contributed by atoms with Gasteiger partial charge in [0.1, 0.15) is 0 Å². The summed E-state index contributed by atoms with van der Waals surface area (Å²) in [6.07, 6.45) is 5.32. The average Bonchev–Trinajstić information content (AvgIpc) is 3.02. The fourth-order valence-electron chi connectivity index (χ4n) is 4.18. The third kappa shape index (κ3) is 2.04. The lowest BCUT2D eigenvalue weighted by Crippen LogP contribution is -2.34. The van der Waals surface area contributed by atoms with Gasteiger partial charge in [-0.15, -0.1) is 0 Å². The molecule has 0 radical (unpaired) electrons. The van der Waals surface area contributed by atoms with E-state index in [1.165, 1.54) is 32.1 Å². The van der Waals surface area contributed by atoms with E-state index in [4.69, 9.17) is 11.6 Å². The molecule has 0 spiro atoms. The van der Waals surface area contributed by atoms with Crippen molar-refractivity contribution >= 4 is 28.9 Å². The largest absolute Gasteiger partial charge is 0.378 e. The van der Waals surface area contributed by atoms with Crippen molar-refractivity contribution in [3.05, 3.63) is 22.7 Å². The van der Waals surface area contributed by atoms with Crippen LogP contribution in [-0.4, -0.2) is 23.6 Å². The molecule has 0 bridgehead atoms. The molecule has 0 aromatic heterocycles. The molecular formula is C16H19ClN2O2. The molecule has 3 aliphatic rings. The highest BCUT2D eigenvalue weighted by Crippen LogP contribution is 2.44. The maximum atomic E-state index is 11.6. The van der Waals surface area contributed by atoms with E-state index in [1.54, 1.807) is 6.07 Å². The fraction of sp³-hybridized carbons (Fsp3) is 0.562. The molecule has 1 saturated carbocycles. The van der Waals surface area contributed by atoms with Crippen LogP contribution in [0.1, 0.15) is 43.8 Å². The van der Waals surface area contributed by atoms with E-state index in [-0.39, 0.29) is 5.91 Å². The number of aliphatic hydroxyl groups is 1. The van der Waals surface area contributed by atoms with Crippen molar-refractivity contribution in [2.24, 2.45) is 5.92 Å². The normalized spacial score (nSPS) is 31.0. The molecule has 1 saturated heterocycles. The number of rotatable bonds is 1. The molecule has 5 heteroatoms. The van der Waals surface area contributed by atoms with Crippen LogP contribution < -0.4 is 10.2 Å². The van der Waals surface area contributed by atoms with Gasteiger partial charge in [0.25, 0.3) is 5.91 Å². The van der Waals surface area contributed by atoms with Crippen LogP contribution in [0.4, 0.5) is 11.4 Å². The SMILES string of the molecule is O=C1Nc2cc(N3CCC4CCCCC43)c(Cl)cc2C1O. The van der Waals surface area contributed by atoms with Crippen molar-refractivity contribution in [2.45, 2.75) is 44.2 Å². The van der Waals surface area contributed by atoms with Gasteiger partial charge in [0, 0.05) is 23.8 Å². The van der Waals surface area contributed by atoms with E-state index in [9.17, 15) is 9.90 Å². The monoisotopic (exact) mass is 306 g/mol. The van der Waals surface area contributed by atoms with Gasteiger partial charge in [-0.25, -0.2) is 0 Å². The lowest BCUT2D eigenvalue weighted by molar-refractivity contribution is -0.123. The quantitative estimate of drug-likeness (QED) is 0.838. The first kappa shape index (κ1) is 13.4. The van der Waals surface area contributed by atoms with E-state index in [2.05, 4.69) is 10.2 Å². The number of benzene rings is 1. The summed E-state index contributed by atoms with van der Waals surface area (Å²) in [5.74, 6) is 0.415. The zero-order chi connectivity index (χ0) is 14.6. The Morgan fingerprint density at radius 3 is 2.90 bits per heavy atom. The number of halogens is 1. The van der Waals surface area contributed by atoms with Gasteiger partial charge in [-0.1, -0.05) is 24.4 Å². The van der Waals surface area contributed by atoms with E-state index in [0.717, 1.165) is 18.2 Å². The van der Waals surface area contributed by atoms with Gasteiger partial charge in [-0.05, 0) is 37.3 Å². The molecule has 1 aromatic rings. The first-order valence-electron chi connectivity index (χ1n) is 7.74. The van der Waals surface area contributed by atoms with E-state index in [0.29, 0.717) is 22.3 Å². The van der Waals surface area contributed by atoms with Crippen LogP contribution in [0.15, 0.2) is 12.1 Å². The van der Waals surface area contributed by atoms with Crippen molar-refractivity contribution in [2.75, 3.05) is 16.8 Å². The summed E-state index contributed by atoms with van der Waals surface area (Å²) in [7, 11) is 0. The van der Waals surface area contributed by atoms with E-state index < -0.39 is 6.10 Å². The highest BCUT2D eigenvalue weighted by Gasteiger charge is 2.38. The Balaban J connectivity index is 1.70. The summed E-state index contributed by atoms with van der Waals surface area (Å²) in [6.45, 7) is 1.03. The van der Waals surface area contributed by atoms with Crippen LogP contribution in [0.5, 0.6) is 0 Å². The van der Waals surface area contributed by atoms with Gasteiger partial charge in [0.05, 0.1) is 10.7 Å². The highest BCUT2D eigenvalue weighted by atomic mass is 35.5. The molecule has 2 aliphatic heterocycles. The second kappa shape index (κ2) is 4.89. The van der Waals surface area contributed by atoms with Gasteiger partial charge in [-0.3, -0.25) is 4.79 Å². The number of hydrogen-bond donors (Lipinski definition) is 2.